The second-order valence-corrected chi connectivity index (χ2v) is 8.18. The fourth-order valence-corrected chi connectivity index (χ4v) is 5.36. The number of fused-ring (bicyclic) bond motifs is 9. The highest BCUT2D eigenvalue weighted by molar-refractivity contribution is 6.01. The summed E-state index contributed by atoms with van der Waals surface area (Å²) in [7, 11) is 0. The molecule has 0 amide bonds. The SMILES string of the molecule is [C-]#[N+]c1cccc2c1ccn1c3c(c(=O)nc21)C1CCC3(C)C1(C)C. The minimum atomic E-state index is -0.0859. The van der Waals surface area contributed by atoms with Gasteiger partial charge >= 0.3 is 0 Å². The van der Waals surface area contributed by atoms with Crippen LogP contribution >= 0.6 is 0 Å². The van der Waals surface area contributed by atoms with Crippen molar-refractivity contribution in [2.45, 2.75) is 44.9 Å². The summed E-state index contributed by atoms with van der Waals surface area (Å²) < 4.78 is 2.12. The third-order valence-corrected chi connectivity index (χ3v) is 7.09. The minimum absolute atomic E-state index is 0.0247. The van der Waals surface area contributed by atoms with E-state index >= 15 is 0 Å². The van der Waals surface area contributed by atoms with E-state index in [4.69, 9.17) is 6.57 Å². The molecular weight excluding hydrogens is 310 g/mol. The summed E-state index contributed by atoms with van der Waals surface area (Å²) in [5, 5.41) is 1.73. The van der Waals surface area contributed by atoms with Crippen molar-refractivity contribution in [3.63, 3.8) is 0 Å². The van der Waals surface area contributed by atoms with Crippen LogP contribution in [0.15, 0.2) is 35.3 Å². The van der Waals surface area contributed by atoms with Crippen LogP contribution in [0, 0.1) is 12.0 Å². The van der Waals surface area contributed by atoms with Crippen molar-refractivity contribution < 1.29 is 0 Å². The summed E-state index contributed by atoms with van der Waals surface area (Å²) in [5.74, 6) is 0.287. The molecular formula is C21H19N3O. The molecule has 2 heterocycles. The lowest BCUT2D eigenvalue weighted by molar-refractivity contribution is 0.226. The molecule has 0 aliphatic heterocycles. The van der Waals surface area contributed by atoms with E-state index < -0.39 is 0 Å². The summed E-state index contributed by atoms with van der Waals surface area (Å²) in [4.78, 5) is 21.0. The van der Waals surface area contributed by atoms with Crippen LogP contribution in [0.5, 0.6) is 0 Å². The maximum Gasteiger partial charge on any atom is 0.277 e. The van der Waals surface area contributed by atoms with Gasteiger partial charge in [0.2, 0.25) is 0 Å². The predicted octanol–water partition coefficient (Wildman–Crippen LogP) is 4.57. The van der Waals surface area contributed by atoms with Crippen LogP contribution in [0.3, 0.4) is 0 Å². The van der Waals surface area contributed by atoms with Crippen molar-refractivity contribution >= 4 is 22.1 Å². The molecule has 124 valence electrons. The Bertz CT molecular complexity index is 1180. The van der Waals surface area contributed by atoms with E-state index in [1.807, 2.05) is 30.5 Å². The largest absolute Gasteiger partial charge is 0.304 e. The van der Waals surface area contributed by atoms with E-state index in [2.05, 4.69) is 35.0 Å². The Morgan fingerprint density at radius 1 is 1.24 bits per heavy atom. The zero-order valence-corrected chi connectivity index (χ0v) is 14.6. The fourth-order valence-electron chi connectivity index (χ4n) is 5.36. The Morgan fingerprint density at radius 2 is 2.04 bits per heavy atom. The molecule has 0 radical (unpaired) electrons. The fraction of sp³-hybridized carbons (Fsp3) is 0.381. The first-order chi connectivity index (χ1) is 11.9. The lowest BCUT2D eigenvalue weighted by Gasteiger charge is -2.35. The molecule has 0 N–H and O–H groups in total. The van der Waals surface area contributed by atoms with Crippen molar-refractivity contribution in [2.24, 2.45) is 5.41 Å². The van der Waals surface area contributed by atoms with Crippen LogP contribution in [-0.2, 0) is 5.41 Å². The molecule has 2 unspecified atom stereocenters. The maximum atomic E-state index is 13.0. The summed E-state index contributed by atoms with van der Waals surface area (Å²) in [6, 6.07) is 7.62. The Morgan fingerprint density at radius 3 is 2.80 bits per heavy atom. The van der Waals surface area contributed by atoms with Gasteiger partial charge in [-0.15, -0.1) is 0 Å². The quantitative estimate of drug-likeness (QED) is 0.447. The Kier molecular flexibility index (Phi) is 2.51. The zero-order valence-electron chi connectivity index (χ0n) is 14.6. The Labute approximate surface area is 145 Å². The first-order valence-electron chi connectivity index (χ1n) is 8.76. The van der Waals surface area contributed by atoms with Crippen molar-refractivity contribution in [2.75, 3.05) is 0 Å². The van der Waals surface area contributed by atoms with Gasteiger partial charge in [-0.1, -0.05) is 39.0 Å². The predicted molar refractivity (Wildman–Crippen MR) is 98.3 cm³/mol. The minimum Gasteiger partial charge on any atom is -0.304 e. The van der Waals surface area contributed by atoms with Gasteiger partial charge in [0.1, 0.15) is 5.65 Å². The topological polar surface area (TPSA) is 38.7 Å². The van der Waals surface area contributed by atoms with E-state index in [-0.39, 0.29) is 22.3 Å². The lowest BCUT2D eigenvalue weighted by atomic mass is 9.70. The van der Waals surface area contributed by atoms with E-state index in [0.29, 0.717) is 11.3 Å². The lowest BCUT2D eigenvalue weighted by Crippen LogP contribution is -2.33. The van der Waals surface area contributed by atoms with Gasteiger partial charge in [0.15, 0.2) is 5.69 Å². The van der Waals surface area contributed by atoms with Gasteiger partial charge in [-0.05, 0) is 35.6 Å². The molecule has 1 saturated carbocycles. The van der Waals surface area contributed by atoms with Crippen molar-refractivity contribution in [1.29, 1.82) is 0 Å². The normalized spacial score (nSPS) is 26.1. The summed E-state index contributed by atoms with van der Waals surface area (Å²) >= 11 is 0. The second-order valence-electron chi connectivity index (χ2n) is 8.18. The Balaban J connectivity index is 2.00. The monoisotopic (exact) mass is 329 g/mol. The molecule has 1 fully saturated rings. The van der Waals surface area contributed by atoms with Crippen molar-refractivity contribution in [3.8, 4) is 0 Å². The number of aromatic nitrogens is 2. The Hall–Kier alpha value is -2.67. The first kappa shape index (κ1) is 14.7. The smallest absolute Gasteiger partial charge is 0.277 e. The molecule has 2 bridgehead atoms. The van der Waals surface area contributed by atoms with E-state index in [0.717, 1.165) is 34.9 Å². The molecule has 25 heavy (non-hydrogen) atoms. The van der Waals surface area contributed by atoms with Gasteiger partial charge in [-0.2, -0.15) is 4.98 Å². The molecule has 2 atom stereocenters. The number of pyridine rings is 1. The molecule has 3 aromatic rings. The van der Waals surface area contributed by atoms with Crippen molar-refractivity contribution in [1.82, 2.24) is 9.38 Å². The van der Waals surface area contributed by atoms with E-state index in [1.54, 1.807) is 0 Å². The van der Waals surface area contributed by atoms with Gasteiger partial charge in [-0.3, -0.25) is 4.79 Å². The van der Waals surface area contributed by atoms with Crippen LogP contribution in [0.1, 0.15) is 50.8 Å². The van der Waals surface area contributed by atoms with Gasteiger partial charge in [-0.25, -0.2) is 4.85 Å². The van der Waals surface area contributed by atoms with Crippen LogP contribution in [0.2, 0.25) is 0 Å². The number of nitrogens with zero attached hydrogens (tertiary/aromatic N) is 3. The molecule has 2 aliphatic rings. The number of hydrogen-bond donors (Lipinski definition) is 0. The highest BCUT2D eigenvalue weighted by Crippen LogP contribution is 2.66. The van der Waals surface area contributed by atoms with Gasteiger partial charge in [0.25, 0.3) is 5.56 Å². The molecule has 4 nitrogen and oxygen atoms in total. The average molecular weight is 329 g/mol. The molecule has 2 aromatic heterocycles. The number of rotatable bonds is 0. The van der Waals surface area contributed by atoms with Gasteiger partial charge in [0, 0.05) is 28.3 Å². The number of hydrogen-bond acceptors (Lipinski definition) is 2. The van der Waals surface area contributed by atoms with E-state index in [1.165, 1.54) is 0 Å². The third kappa shape index (κ3) is 1.48. The van der Waals surface area contributed by atoms with E-state index in [9.17, 15) is 4.79 Å². The van der Waals surface area contributed by atoms with Crippen LogP contribution in [0.25, 0.3) is 21.3 Å². The average Bonchev–Trinajstić information content (AvgIpc) is 2.93. The van der Waals surface area contributed by atoms with Gasteiger partial charge in [0.05, 0.1) is 6.57 Å². The molecule has 2 aliphatic carbocycles. The van der Waals surface area contributed by atoms with Crippen LogP contribution in [0.4, 0.5) is 5.69 Å². The molecule has 1 aromatic carbocycles. The molecule has 0 saturated heterocycles. The van der Waals surface area contributed by atoms with Crippen LogP contribution < -0.4 is 5.56 Å². The van der Waals surface area contributed by atoms with Crippen molar-refractivity contribution in [3.05, 3.63) is 63.5 Å². The highest BCUT2D eigenvalue weighted by Gasteiger charge is 2.61. The zero-order chi connectivity index (χ0) is 17.6. The van der Waals surface area contributed by atoms with Gasteiger partial charge < -0.3 is 4.40 Å². The van der Waals surface area contributed by atoms with Crippen LogP contribution in [-0.4, -0.2) is 9.38 Å². The highest BCUT2D eigenvalue weighted by atomic mass is 16.1. The third-order valence-electron chi connectivity index (χ3n) is 7.09. The second kappa shape index (κ2) is 4.29. The summed E-state index contributed by atoms with van der Waals surface area (Å²) in [6.45, 7) is 14.3. The molecule has 4 heteroatoms. The molecule has 0 spiro atoms. The molecule has 5 rings (SSSR count). The standard InChI is InChI=1S/C21H19N3O/c1-20(2)14-8-10-21(20,3)17-16(14)19(25)23-18-13-6-5-7-15(22-4)12(13)9-11-24(17)18/h5-7,9,11,14H,8,10H2,1-3H3. The summed E-state index contributed by atoms with van der Waals surface area (Å²) in [6.07, 6.45) is 4.16. The summed E-state index contributed by atoms with van der Waals surface area (Å²) in [5.41, 5.74) is 3.28. The first-order valence-corrected chi connectivity index (χ1v) is 8.76. The maximum absolute atomic E-state index is 13.0. The number of benzene rings is 1.